The van der Waals surface area contributed by atoms with Crippen molar-refractivity contribution in [1.82, 2.24) is 5.32 Å². The van der Waals surface area contributed by atoms with Crippen molar-refractivity contribution in [2.24, 2.45) is 5.92 Å². The summed E-state index contributed by atoms with van der Waals surface area (Å²) in [7, 11) is 0. The number of ether oxygens (including phenoxy) is 1. The fourth-order valence-electron chi connectivity index (χ4n) is 2.69. The highest BCUT2D eigenvalue weighted by molar-refractivity contribution is 7.21. The zero-order valence-electron chi connectivity index (χ0n) is 12.8. The van der Waals surface area contributed by atoms with Crippen LogP contribution in [0.5, 0.6) is 0 Å². The lowest BCUT2D eigenvalue weighted by Crippen LogP contribution is -2.39. The molecule has 0 aliphatic carbocycles. The molecule has 0 bridgehead atoms. The Morgan fingerprint density at radius 2 is 2.13 bits per heavy atom. The molecule has 1 aliphatic rings. The SMILES string of the molecule is Cc1c(C(=O)COC(=O)[C@@H]2CCC(=O)NC2)sc2ccccc12. The van der Waals surface area contributed by atoms with E-state index in [1.807, 2.05) is 31.2 Å². The molecule has 2 heterocycles. The van der Waals surface area contributed by atoms with Gasteiger partial charge in [0, 0.05) is 17.7 Å². The molecule has 1 saturated heterocycles. The normalized spacial score (nSPS) is 17.8. The predicted octanol–water partition coefficient (Wildman–Crippen LogP) is 2.46. The van der Waals surface area contributed by atoms with E-state index < -0.39 is 5.97 Å². The number of carbonyl (C=O) groups is 3. The van der Waals surface area contributed by atoms with Crippen LogP contribution < -0.4 is 5.32 Å². The first-order chi connectivity index (χ1) is 11.1. The number of ketones is 1. The van der Waals surface area contributed by atoms with Crippen LogP contribution >= 0.6 is 11.3 Å². The molecule has 1 amide bonds. The zero-order chi connectivity index (χ0) is 16.4. The van der Waals surface area contributed by atoms with Crippen molar-refractivity contribution in [2.75, 3.05) is 13.2 Å². The molecule has 1 aromatic carbocycles. The van der Waals surface area contributed by atoms with Gasteiger partial charge in [0.05, 0.1) is 10.8 Å². The molecule has 1 N–H and O–H groups in total. The highest BCUT2D eigenvalue weighted by atomic mass is 32.1. The number of nitrogens with one attached hydrogen (secondary N) is 1. The predicted molar refractivity (Wildman–Crippen MR) is 87.6 cm³/mol. The third-order valence-corrected chi connectivity index (χ3v) is 5.36. The van der Waals surface area contributed by atoms with Gasteiger partial charge in [0.25, 0.3) is 0 Å². The van der Waals surface area contributed by atoms with Crippen LogP contribution in [-0.2, 0) is 14.3 Å². The second kappa shape index (κ2) is 6.50. The number of esters is 1. The molecular weight excluding hydrogens is 314 g/mol. The van der Waals surface area contributed by atoms with E-state index in [4.69, 9.17) is 4.74 Å². The quantitative estimate of drug-likeness (QED) is 0.690. The molecule has 0 radical (unpaired) electrons. The number of rotatable bonds is 4. The minimum Gasteiger partial charge on any atom is -0.457 e. The number of thiophene rings is 1. The Morgan fingerprint density at radius 3 is 2.83 bits per heavy atom. The lowest BCUT2D eigenvalue weighted by Gasteiger charge is -2.20. The summed E-state index contributed by atoms with van der Waals surface area (Å²) in [6.07, 6.45) is 0.796. The fraction of sp³-hybridized carbons (Fsp3) is 0.353. The van der Waals surface area contributed by atoms with Crippen molar-refractivity contribution < 1.29 is 19.1 Å². The van der Waals surface area contributed by atoms with Gasteiger partial charge in [0.1, 0.15) is 0 Å². The minimum absolute atomic E-state index is 0.0500. The summed E-state index contributed by atoms with van der Waals surface area (Å²) in [5.74, 6) is -1.01. The van der Waals surface area contributed by atoms with Gasteiger partial charge in [0.15, 0.2) is 6.61 Å². The molecule has 1 aliphatic heterocycles. The van der Waals surface area contributed by atoms with Crippen molar-refractivity contribution in [3.63, 3.8) is 0 Å². The summed E-state index contributed by atoms with van der Waals surface area (Å²) >= 11 is 1.42. The van der Waals surface area contributed by atoms with E-state index in [9.17, 15) is 14.4 Å². The van der Waals surface area contributed by atoms with Crippen LogP contribution in [0.25, 0.3) is 10.1 Å². The summed E-state index contributed by atoms with van der Waals surface area (Å²) in [6, 6.07) is 7.83. The molecule has 23 heavy (non-hydrogen) atoms. The maximum absolute atomic E-state index is 12.3. The van der Waals surface area contributed by atoms with Gasteiger partial charge >= 0.3 is 5.97 Å². The molecule has 1 aromatic heterocycles. The van der Waals surface area contributed by atoms with Gasteiger partial charge in [-0.3, -0.25) is 14.4 Å². The smallest absolute Gasteiger partial charge is 0.311 e. The molecule has 1 atom stereocenters. The van der Waals surface area contributed by atoms with Crippen LogP contribution in [0.1, 0.15) is 28.1 Å². The lowest BCUT2D eigenvalue weighted by molar-refractivity contribution is -0.148. The Bertz CT molecular complexity index is 770. The van der Waals surface area contributed by atoms with E-state index in [-0.39, 0.29) is 30.8 Å². The lowest BCUT2D eigenvalue weighted by atomic mass is 9.99. The number of piperidine rings is 1. The van der Waals surface area contributed by atoms with Gasteiger partial charge in [-0.25, -0.2) is 0 Å². The first kappa shape index (κ1) is 15.7. The standard InChI is InChI=1S/C17H17NO4S/c1-10-12-4-2-3-5-14(12)23-16(10)13(19)9-22-17(21)11-6-7-15(20)18-8-11/h2-5,11H,6-9H2,1H3,(H,18,20)/t11-/m1/s1. The molecule has 3 rings (SSSR count). The van der Waals surface area contributed by atoms with Gasteiger partial charge in [0.2, 0.25) is 11.7 Å². The Hall–Kier alpha value is -2.21. The summed E-state index contributed by atoms with van der Waals surface area (Å²) in [4.78, 5) is 36.0. The van der Waals surface area contributed by atoms with Crippen molar-refractivity contribution in [3.8, 4) is 0 Å². The molecule has 0 spiro atoms. The number of aryl methyl sites for hydroxylation is 1. The summed E-state index contributed by atoms with van der Waals surface area (Å²) in [5.41, 5.74) is 0.927. The molecule has 6 heteroatoms. The average Bonchev–Trinajstić information content (AvgIpc) is 2.90. The van der Waals surface area contributed by atoms with E-state index in [0.717, 1.165) is 15.6 Å². The Balaban J connectivity index is 1.63. The number of hydrogen-bond donors (Lipinski definition) is 1. The van der Waals surface area contributed by atoms with Crippen molar-refractivity contribution in [3.05, 3.63) is 34.7 Å². The molecule has 120 valence electrons. The highest BCUT2D eigenvalue weighted by Crippen LogP contribution is 2.30. The van der Waals surface area contributed by atoms with Gasteiger partial charge in [-0.15, -0.1) is 11.3 Å². The second-order valence-corrected chi connectivity index (χ2v) is 6.68. The minimum atomic E-state index is -0.419. The third kappa shape index (κ3) is 3.27. The van der Waals surface area contributed by atoms with E-state index in [2.05, 4.69) is 5.32 Å². The first-order valence-electron chi connectivity index (χ1n) is 7.51. The van der Waals surface area contributed by atoms with Crippen LogP contribution in [0.15, 0.2) is 24.3 Å². The summed E-state index contributed by atoms with van der Waals surface area (Å²) < 4.78 is 6.20. The molecule has 1 fully saturated rings. The van der Waals surface area contributed by atoms with Gasteiger partial charge in [-0.2, -0.15) is 0 Å². The maximum Gasteiger partial charge on any atom is 0.311 e. The monoisotopic (exact) mass is 331 g/mol. The highest BCUT2D eigenvalue weighted by Gasteiger charge is 2.26. The number of carbonyl (C=O) groups excluding carboxylic acids is 3. The maximum atomic E-state index is 12.3. The second-order valence-electron chi connectivity index (χ2n) is 5.62. The van der Waals surface area contributed by atoms with Crippen molar-refractivity contribution in [1.29, 1.82) is 0 Å². The largest absolute Gasteiger partial charge is 0.457 e. The fourth-order valence-corrected chi connectivity index (χ4v) is 3.83. The van der Waals surface area contributed by atoms with Gasteiger partial charge in [-0.05, 0) is 30.4 Å². The Labute approximate surface area is 137 Å². The number of benzene rings is 1. The number of Topliss-reactive ketones (excluding diaryl/α,β-unsaturated/α-hetero) is 1. The van der Waals surface area contributed by atoms with E-state index in [1.165, 1.54) is 11.3 Å². The average molecular weight is 331 g/mol. The summed E-state index contributed by atoms with van der Waals surface area (Å²) in [5, 5.41) is 3.69. The Kier molecular flexibility index (Phi) is 4.43. The summed E-state index contributed by atoms with van der Waals surface area (Å²) in [6.45, 7) is 1.94. The van der Waals surface area contributed by atoms with Gasteiger partial charge in [-0.1, -0.05) is 18.2 Å². The first-order valence-corrected chi connectivity index (χ1v) is 8.32. The van der Waals surface area contributed by atoms with E-state index in [0.29, 0.717) is 17.7 Å². The third-order valence-electron chi connectivity index (χ3n) is 4.04. The molecular formula is C17H17NO4S. The van der Waals surface area contributed by atoms with E-state index >= 15 is 0 Å². The van der Waals surface area contributed by atoms with Crippen molar-refractivity contribution in [2.45, 2.75) is 19.8 Å². The molecule has 5 nitrogen and oxygen atoms in total. The van der Waals surface area contributed by atoms with Crippen LogP contribution in [0.2, 0.25) is 0 Å². The molecule has 2 aromatic rings. The van der Waals surface area contributed by atoms with Crippen LogP contribution in [0.3, 0.4) is 0 Å². The van der Waals surface area contributed by atoms with E-state index in [1.54, 1.807) is 0 Å². The van der Waals surface area contributed by atoms with Crippen LogP contribution in [-0.4, -0.2) is 30.8 Å². The van der Waals surface area contributed by atoms with Crippen LogP contribution in [0.4, 0.5) is 0 Å². The number of hydrogen-bond acceptors (Lipinski definition) is 5. The zero-order valence-corrected chi connectivity index (χ0v) is 13.6. The topological polar surface area (TPSA) is 72.5 Å². The number of amides is 1. The van der Waals surface area contributed by atoms with Crippen molar-refractivity contribution >= 4 is 39.1 Å². The Morgan fingerprint density at radius 1 is 1.35 bits per heavy atom. The van der Waals surface area contributed by atoms with Crippen LogP contribution in [0, 0.1) is 12.8 Å². The molecule has 0 unspecified atom stereocenters. The number of fused-ring (bicyclic) bond motifs is 1. The molecule has 0 saturated carbocycles. The van der Waals surface area contributed by atoms with Gasteiger partial charge < -0.3 is 10.1 Å².